The van der Waals surface area contributed by atoms with Crippen molar-refractivity contribution in [2.45, 2.75) is 68.7 Å². The first-order valence-corrected chi connectivity index (χ1v) is 14.8. The maximum Gasteiger partial charge on any atom is 0.253 e. The van der Waals surface area contributed by atoms with Crippen LogP contribution in [0.25, 0.3) is 0 Å². The lowest BCUT2D eigenvalue weighted by molar-refractivity contribution is -0.119. The molecule has 0 unspecified atom stereocenters. The van der Waals surface area contributed by atoms with Gasteiger partial charge in [0, 0.05) is 41.7 Å². The average molecular weight is 506 g/mol. The van der Waals surface area contributed by atoms with E-state index in [9.17, 15) is 9.59 Å². The van der Waals surface area contributed by atoms with Crippen molar-refractivity contribution in [2.24, 2.45) is 0 Å². The van der Waals surface area contributed by atoms with Crippen molar-refractivity contribution in [3.05, 3.63) is 59.7 Å². The number of piperidine rings is 1. The first-order chi connectivity index (χ1) is 17.7. The second-order valence-corrected chi connectivity index (χ2v) is 11.6. The third kappa shape index (κ3) is 6.15. The van der Waals surface area contributed by atoms with E-state index in [1.54, 1.807) is 0 Å². The molecule has 2 fully saturated rings. The maximum absolute atomic E-state index is 13.1. The van der Waals surface area contributed by atoms with Gasteiger partial charge in [-0.2, -0.15) is 0 Å². The lowest BCUT2D eigenvalue weighted by Crippen LogP contribution is -2.50. The minimum absolute atomic E-state index is 0.109. The summed E-state index contributed by atoms with van der Waals surface area (Å²) in [5.41, 5.74) is 3.09. The van der Waals surface area contributed by atoms with Gasteiger partial charge in [0.2, 0.25) is 5.91 Å². The minimum Gasteiger partial charge on any atom is -0.338 e. The van der Waals surface area contributed by atoms with E-state index in [-0.39, 0.29) is 17.9 Å². The molecule has 0 N–H and O–H groups in total. The number of hydrogen-bond acceptors (Lipinski definition) is 4. The second-order valence-electron chi connectivity index (χ2n) is 10.4. The summed E-state index contributed by atoms with van der Waals surface area (Å²) >= 11 is 1.89. The Kier molecular flexibility index (Phi) is 8.65. The highest BCUT2D eigenvalue weighted by molar-refractivity contribution is 7.99. The van der Waals surface area contributed by atoms with Crippen LogP contribution >= 0.6 is 11.8 Å². The summed E-state index contributed by atoms with van der Waals surface area (Å²) < 4.78 is 0. The van der Waals surface area contributed by atoms with Crippen molar-refractivity contribution < 1.29 is 9.59 Å². The number of nitrogens with zero attached hydrogens (tertiary/aromatic N) is 3. The van der Waals surface area contributed by atoms with Crippen molar-refractivity contribution in [1.82, 2.24) is 9.80 Å². The van der Waals surface area contributed by atoms with E-state index in [0.29, 0.717) is 19.5 Å². The van der Waals surface area contributed by atoms with Crippen LogP contribution in [-0.4, -0.2) is 66.1 Å². The lowest BCUT2D eigenvalue weighted by Gasteiger charge is -2.41. The number of thioether (sulfide) groups is 1. The van der Waals surface area contributed by atoms with Gasteiger partial charge in [-0.3, -0.25) is 9.59 Å². The van der Waals surface area contributed by atoms with Gasteiger partial charge >= 0.3 is 0 Å². The van der Waals surface area contributed by atoms with Crippen LogP contribution in [0.2, 0.25) is 0 Å². The summed E-state index contributed by atoms with van der Waals surface area (Å²) in [5.74, 6) is 1.47. The van der Waals surface area contributed by atoms with Crippen molar-refractivity contribution in [2.75, 3.05) is 43.4 Å². The number of unbranched alkanes of at least 4 members (excludes halogenated alkanes) is 2. The summed E-state index contributed by atoms with van der Waals surface area (Å²) in [5, 5.41) is 0. The molecule has 36 heavy (non-hydrogen) atoms. The summed E-state index contributed by atoms with van der Waals surface area (Å²) in [7, 11) is 0. The van der Waals surface area contributed by atoms with Crippen LogP contribution < -0.4 is 4.90 Å². The van der Waals surface area contributed by atoms with Crippen LogP contribution in [0.15, 0.2) is 53.4 Å². The van der Waals surface area contributed by atoms with Gasteiger partial charge in [0.05, 0.1) is 0 Å². The number of aryl methyl sites for hydroxylation is 1. The highest BCUT2D eigenvalue weighted by Crippen LogP contribution is 2.32. The van der Waals surface area contributed by atoms with Gasteiger partial charge in [0.15, 0.2) is 0 Å². The molecule has 0 atom stereocenters. The largest absolute Gasteiger partial charge is 0.338 e. The van der Waals surface area contributed by atoms with Crippen LogP contribution in [0.4, 0.5) is 5.69 Å². The molecular weight excluding hydrogens is 466 g/mol. The molecule has 6 heteroatoms. The van der Waals surface area contributed by atoms with Crippen molar-refractivity contribution in [3.8, 4) is 0 Å². The van der Waals surface area contributed by atoms with Crippen LogP contribution in [-0.2, 0) is 11.2 Å². The van der Waals surface area contributed by atoms with Crippen molar-refractivity contribution >= 4 is 29.3 Å². The summed E-state index contributed by atoms with van der Waals surface area (Å²) in [4.78, 5) is 33.7. The number of benzene rings is 2. The Labute approximate surface area is 220 Å². The molecule has 3 aliphatic heterocycles. The zero-order valence-electron chi connectivity index (χ0n) is 21.4. The minimum atomic E-state index is 0.109. The predicted molar refractivity (Wildman–Crippen MR) is 148 cm³/mol. The normalized spacial score (nSPS) is 19.1. The number of anilines is 1. The molecule has 192 valence electrons. The Morgan fingerprint density at radius 1 is 0.861 bits per heavy atom. The van der Waals surface area contributed by atoms with Crippen molar-refractivity contribution in [1.29, 1.82) is 0 Å². The van der Waals surface area contributed by atoms with E-state index in [1.807, 2.05) is 45.8 Å². The topological polar surface area (TPSA) is 43.9 Å². The van der Waals surface area contributed by atoms with Gasteiger partial charge in [-0.05, 0) is 106 Å². The zero-order valence-corrected chi connectivity index (χ0v) is 22.2. The first kappa shape index (κ1) is 25.3. The fourth-order valence-corrected chi connectivity index (χ4v) is 6.78. The van der Waals surface area contributed by atoms with Gasteiger partial charge in [-0.15, -0.1) is 11.8 Å². The van der Waals surface area contributed by atoms with Gasteiger partial charge in [-0.25, -0.2) is 0 Å². The molecule has 5 rings (SSSR count). The molecule has 0 aliphatic carbocycles. The van der Waals surface area contributed by atoms with E-state index in [1.165, 1.54) is 62.2 Å². The number of carbonyl (C=O) groups is 2. The predicted octanol–water partition coefficient (Wildman–Crippen LogP) is 5.63. The molecule has 5 nitrogen and oxygen atoms in total. The number of amides is 2. The molecule has 0 aromatic heterocycles. The first-order valence-electron chi connectivity index (χ1n) is 13.8. The SMILES string of the molecule is O=C(c1ccc(SCCCCCN2CCCC2)cc1)N1CCC(N2C(=O)CCc3ccccc32)CC1. The highest BCUT2D eigenvalue weighted by atomic mass is 32.2. The van der Waals surface area contributed by atoms with Gasteiger partial charge in [0.25, 0.3) is 5.91 Å². The summed E-state index contributed by atoms with van der Waals surface area (Å²) in [6, 6.07) is 16.6. The standard InChI is InChI=1S/C30H39N3O2S/c34-29-15-12-24-8-2-3-9-28(24)33(29)26-16-21-32(22-17-26)30(35)25-10-13-27(14-11-25)36-23-7-1-4-18-31-19-5-6-20-31/h2-3,8-11,13-14,26H,1,4-7,12,15-23H2. The van der Waals surface area contributed by atoms with Crippen LogP contribution in [0.5, 0.6) is 0 Å². The van der Waals surface area contributed by atoms with E-state index in [2.05, 4.69) is 29.2 Å². The fraction of sp³-hybridized carbons (Fsp3) is 0.533. The fourth-order valence-electron chi connectivity index (χ4n) is 5.87. The molecule has 0 bridgehead atoms. The smallest absolute Gasteiger partial charge is 0.253 e. The molecule has 2 aromatic carbocycles. The molecule has 0 spiro atoms. The van der Waals surface area contributed by atoms with Gasteiger partial charge < -0.3 is 14.7 Å². The molecule has 2 saturated heterocycles. The molecule has 0 saturated carbocycles. The zero-order chi connectivity index (χ0) is 24.7. The maximum atomic E-state index is 13.1. The number of rotatable bonds is 9. The summed E-state index contributed by atoms with van der Waals surface area (Å²) in [6.45, 7) is 5.25. The Hall–Kier alpha value is -2.31. The highest BCUT2D eigenvalue weighted by Gasteiger charge is 2.33. The molecular formula is C30H39N3O2S. The Balaban J connectivity index is 1.06. The van der Waals surface area contributed by atoms with E-state index in [4.69, 9.17) is 0 Å². The van der Waals surface area contributed by atoms with Crippen LogP contribution in [0.3, 0.4) is 0 Å². The quantitative estimate of drug-likeness (QED) is 0.327. The van der Waals surface area contributed by atoms with Gasteiger partial charge in [-0.1, -0.05) is 24.6 Å². The Morgan fingerprint density at radius 3 is 2.39 bits per heavy atom. The average Bonchev–Trinajstić information content (AvgIpc) is 3.44. The molecule has 3 aliphatic rings. The van der Waals surface area contributed by atoms with Crippen molar-refractivity contribution in [3.63, 3.8) is 0 Å². The van der Waals surface area contributed by atoms with Crippen LogP contribution in [0.1, 0.15) is 67.3 Å². The summed E-state index contributed by atoms with van der Waals surface area (Å²) in [6.07, 6.45) is 9.68. The number of fused-ring (bicyclic) bond motifs is 1. The monoisotopic (exact) mass is 505 g/mol. The van der Waals surface area contributed by atoms with E-state index >= 15 is 0 Å². The molecule has 2 aromatic rings. The lowest BCUT2D eigenvalue weighted by atomic mass is 9.95. The number of para-hydroxylation sites is 1. The second kappa shape index (κ2) is 12.3. The number of carbonyl (C=O) groups excluding carboxylic acids is 2. The molecule has 3 heterocycles. The van der Waals surface area contributed by atoms with Gasteiger partial charge in [0.1, 0.15) is 0 Å². The van der Waals surface area contributed by atoms with E-state index in [0.717, 1.165) is 36.3 Å². The van der Waals surface area contributed by atoms with Crippen LogP contribution in [0, 0.1) is 0 Å². The Bertz CT molecular complexity index is 1030. The molecule has 0 radical (unpaired) electrons. The third-order valence-corrected chi connectivity index (χ3v) is 9.03. The molecule has 2 amide bonds. The number of likely N-dealkylation sites (tertiary alicyclic amines) is 2. The Morgan fingerprint density at radius 2 is 1.61 bits per heavy atom. The third-order valence-electron chi connectivity index (χ3n) is 7.93. The number of hydrogen-bond donors (Lipinski definition) is 0. The van der Waals surface area contributed by atoms with E-state index < -0.39 is 0 Å².